The third kappa shape index (κ3) is 1.21. The van der Waals surface area contributed by atoms with Crippen molar-refractivity contribution < 1.29 is 5.11 Å². The second kappa shape index (κ2) is 2.81. The SMILES string of the molecule is CC1SCc2ccsc2C1O. The Hall–Kier alpha value is 0.01000. The molecule has 0 aliphatic carbocycles. The maximum absolute atomic E-state index is 9.71. The summed E-state index contributed by atoms with van der Waals surface area (Å²) in [4.78, 5) is 1.18. The van der Waals surface area contributed by atoms with E-state index >= 15 is 0 Å². The van der Waals surface area contributed by atoms with E-state index in [-0.39, 0.29) is 6.10 Å². The molecule has 11 heavy (non-hydrogen) atoms. The molecule has 3 heteroatoms. The minimum absolute atomic E-state index is 0.233. The van der Waals surface area contributed by atoms with Gasteiger partial charge in [-0.05, 0) is 17.0 Å². The Balaban J connectivity index is 2.38. The van der Waals surface area contributed by atoms with Crippen molar-refractivity contribution in [2.24, 2.45) is 0 Å². The summed E-state index contributed by atoms with van der Waals surface area (Å²) in [5.41, 5.74) is 1.32. The number of thioether (sulfide) groups is 1. The molecule has 0 spiro atoms. The van der Waals surface area contributed by atoms with Gasteiger partial charge in [-0.3, -0.25) is 0 Å². The van der Waals surface area contributed by atoms with Gasteiger partial charge in [0.25, 0.3) is 0 Å². The third-order valence-corrected chi connectivity index (χ3v) is 4.29. The van der Waals surface area contributed by atoms with Crippen molar-refractivity contribution in [3.8, 4) is 0 Å². The van der Waals surface area contributed by atoms with Crippen LogP contribution in [0.4, 0.5) is 0 Å². The maximum atomic E-state index is 9.71. The largest absolute Gasteiger partial charge is 0.386 e. The molecule has 1 aromatic heterocycles. The smallest absolute Gasteiger partial charge is 0.100 e. The molecule has 0 amide bonds. The molecule has 0 aromatic carbocycles. The highest BCUT2D eigenvalue weighted by Crippen LogP contribution is 2.39. The van der Waals surface area contributed by atoms with Gasteiger partial charge in [0.05, 0.1) is 0 Å². The molecule has 1 aliphatic rings. The lowest BCUT2D eigenvalue weighted by Gasteiger charge is -2.23. The topological polar surface area (TPSA) is 20.2 Å². The number of fused-ring (bicyclic) bond motifs is 1. The van der Waals surface area contributed by atoms with E-state index in [1.165, 1.54) is 10.4 Å². The number of hydrogen-bond donors (Lipinski definition) is 1. The summed E-state index contributed by atoms with van der Waals surface area (Å²) in [5, 5.41) is 12.1. The second-order valence-corrected chi connectivity index (χ2v) is 5.08. The van der Waals surface area contributed by atoms with Crippen LogP contribution in [0.5, 0.6) is 0 Å². The molecule has 0 fully saturated rings. The minimum Gasteiger partial charge on any atom is -0.386 e. The van der Waals surface area contributed by atoms with E-state index in [9.17, 15) is 5.11 Å². The first-order chi connectivity index (χ1) is 5.29. The summed E-state index contributed by atoms with van der Waals surface area (Å²) in [5.74, 6) is 1.07. The zero-order valence-corrected chi connectivity index (χ0v) is 7.91. The van der Waals surface area contributed by atoms with E-state index in [1.54, 1.807) is 11.3 Å². The Morgan fingerprint density at radius 3 is 3.27 bits per heavy atom. The molecular formula is C8H10OS2. The van der Waals surface area contributed by atoms with Crippen molar-refractivity contribution >= 4 is 23.1 Å². The first-order valence-corrected chi connectivity index (χ1v) is 5.58. The first kappa shape index (κ1) is 7.65. The molecule has 2 heterocycles. The summed E-state index contributed by atoms with van der Waals surface area (Å²) in [6.07, 6.45) is -0.233. The van der Waals surface area contributed by atoms with Gasteiger partial charge in [0.2, 0.25) is 0 Å². The Bertz CT molecular complexity index is 256. The molecule has 0 saturated carbocycles. The number of hydrogen-bond acceptors (Lipinski definition) is 3. The van der Waals surface area contributed by atoms with Gasteiger partial charge in [-0.15, -0.1) is 11.3 Å². The van der Waals surface area contributed by atoms with E-state index < -0.39 is 0 Å². The Labute approximate surface area is 74.4 Å². The fourth-order valence-corrected chi connectivity index (χ4v) is 3.46. The maximum Gasteiger partial charge on any atom is 0.100 e. The van der Waals surface area contributed by atoms with Crippen molar-refractivity contribution in [1.82, 2.24) is 0 Å². The normalized spacial score (nSPS) is 30.0. The van der Waals surface area contributed by atoms with Crippen LogP contribution in [-0.4, -0.2) is 10.4 Å². The fourth-order valence-electron chi connectivity index (χ4n) is 1.25. The summed E-state index contributed by atoms with van der Waals surface area (Å²) >= 11 is 3.50. The predicted molar refractivity (Wildman–Crippen MR) is 50.0 cm³/mol. The van der Waals surface area contributed by atoms with Crippen LogP contribution in [0.1, 0.15) is 23.5 Å². The number of rotatable bonds is 0. The molecule has 2 unspecified atom stereocenters. The molecule has 2 rings (SSSR count). The van der Waals surface area contributed by atoms with E-state index in [0.29, 0.717) is 5.25 Å². The van der Waals surface area contributed by atoms with Gasteiger partial charge in [0, 0.05) is 15.9 Å². The molecule has 60 valence electrons. The lowest BCUT2D eigenvalue weighted by Crippen LogP contribution is -2.15. The minimum atomic E-state index is -0.233. The van der Waals surface area contributed by atoms with Crippen molar-refractivity contribution in [2.75, 3.05) is 0 Å². The lowest BCUT2D eigenvalue weighted by molar-refractivity contribution is 0.181. The van der Waals surface area contributed by atoms with Crippen LogP contribution < -0.4 is 0 Å². The lowest BCUT2D eigenvalue weighted by atomic mass is 10.1. The van der Waals surface area contributed by atoms with Gasteiger partial charge in [-0.25, -0.2) is 0 Å². The van der Waals surface area contributed by atoms with E-state index in [0.717, 1.165) is 5.75 Å². The molecule has 1 aliphatic heterocycles. The van der Waals surface area contributed by atoms with Crippen LogP contribution in [0, 0.1) is 0 Å². The van der Waals surface area contributed by atoms with Gasteiger partial charge >= 0.3 is 0 Å². The zero-order chi connectivity index (χ0) is 7.84. The summed E-state index contributed by atoms with van der Waals surface area (Å²) in [6, 6.07) is 2.11. The molecular weight excluding hydrogens is 176 g/mol. The van der Waals surface area contributed by atoms with Gasteiger partial charge in [0.15, 0.2) is 0 Å². The van der Waals surface area contributed by atoms with Crippen LogP contribution in [0.15, 0.2) is 11.4 Å². The molecule has 0 bridgehead atoms. The van der Waals surface area contributed by atoms with Crippen LogP contribution in [-0.2, 0) is 5.75 Å². The molecule has 1 aromatic rings. The van der Waals surface area contributed by atoms with Crippen LogP contribution in [0.2, 0.25) is 0 Å². The van der Waals surface area contributed by atoms with Crippen LogP contribution in [0.25, 0.3) is 0 Å². The predicted octanol–water partition coefficient (Wildman–Crippen LogP) is 2.42. The standard InChI is InChI=1S/C8H10OS2/c1-5-7(9)8-6(4-11-5)2-3-10-8/h2-3,5,7,9H,4H2,1H3. The molecule has 1 nitrogen and oxygen atoms in total. The van der Waals surface area contributed by atoms with E-state index in [1.807, 2.05) is 11.8 Å². The van der Waals surface area contributed by atoms with Crippen molar-refractivity contribution in [2.45, 2.75) is 24.0 Å². The second-order valence-electron chi connectivity index (χ2n) is 2.77. The highest BCUT2D eigenvalue weighted by Gasteiger charge is 2.25. The van der Waals surface area contributed by atoms with E-state index in [4.69, 9.17) is 0 Å². The average Bonchev–Trinajstić information content (AvgIpc) is 2.45. The average molecular weight is 186 g/mol. The summed E-state index contributed by atoms with van der Waals surface area (Å²) in [7, 11) is 0. The van der Waals surface area contributed by atoms with Crippen molar-refractivity contribution in [3.05, 3.63) is 21.9 Å². The quantitative estimate of drug-likeness (QED) is 0.671. The monoisotopic (exact) mass is 186 g/mol. The van der Waals surface area contributed by atoms with Gasteiger partial charge in [0.1, 0.15) is 6.10 Å². The van der Waals surface area contributed by atoms with Gasteiger partial charge in [-0.2, -0.15) is 11.8 Å². The summed E-state index contributed by atoms with van der Waals surface area (Å²) in [6.45, 7) is 2.08. The highest BCUT2D eigenvalue weighted by molar-refractivity contribution is 7.99. The summed E-state index contributed by atoms with van der Waals surface area (Å²) < 4.78 is 0. The van der Waals surface area contributed by atoms with Crippen LogP contribution in [0.3, 0.4) is 0 Å². The fraction of sp³-hybridized carbons (Fsp3) is 0.500. The third-order valence-electron chi connectivity index (χ3n) is 2.00. The van der Waals surface area contributed by atoms with Crippen LogP contribution >= 0.6 is 23.1 Å². The number of aliphatic hydroxyl groups is 1. The van der Waals surface area contributed by atoms with Crippen molar-refractivity contribution in [1.29, 1.82) is 0 Å². The van der Waals surface area contributed by atoms with Gasteiger partial charge in [-0.1, -0.05) is 6.92 Å². The molecule has 0 saturated heterocycles. The zero-order valence-electron chi connectivity index (χ0n) is 6.28. The number of aliphatic hydroxyl groups excluding tert-OH is 1. The number of thiophene rings is 1. The molecule has 2 atom stereocenters. The van der Waals surface area contributed by atoms with Crippen molar-refractivity contribution in [3.63, 3.8) is 0 Å². The van der Waals surface area contributed by atoms with Gasteiger partial charge < -0.3 is 5.11 Å². The Morgan fingerprint density at radius 2 is 2.45 bits per heavy atom. The molecule has 1 N–H and O–H groups in total. The Kier molecular flexibility index (Phi) is 1.95. The van der Waals surface area contributed by atoms with E-state index in [2.05, 4.69) is 18.4 Å². The molecule has 0 radical (unpaired) electrons. The first-order valence-electron chi connectivity index (χ1n) is 3.65. The Morgan fingerprint density at radius 1 is 1.64 bits per heavy atom. The highest BCUT2D eigenvalue weighted by atomic mass is 32.2.